The van der Waals surface area contributed by atoms with Crippen LogP contribution < -0.4 is 14.9 Å². The lowest BCUT2D eigenvalue weighted by molar-refractivity contribution is 0.0955. The molecule has 29 heavy (non-hydrogen) atoms. The van der Waals surface area contributed by atoms with Gasteiger partial charge in [-0.1, -0.05) is 6.07 Å². The Kier molecular flexibility index (Phi) is 5.99. The Labute approximate surface area is 168 Å². The Morgan fingerprint density at radius 1 is 1.10 bits per heavy atom. The van der Waals surface area contributed by atoms with Gasteiger partial charge in [-0.25, -0.2) is 13.8 Å². The Hall–Kier alpha value is -3.59. The second kappa shape index (κ2) is 8.61. The standard InChI is InChI=1S/C20H19N3O5S/c1-14-6-9-18(28-14)13-21-22-20(24)15-4-3-5-19(12-15)29(25,26)23-16-7-10-17(27-2)11-8-16/h3-13,23H,1-2H3,(H,22,24)/b21-13-. The number of ether oxygens (including phenoxy) is 1. The molecule has 1 amide bonds. The highest BCUT2D eigenvalue weighted by Gasteiger charge is 2.16. The van der Waals surface area contributed by atoms with Crippen molar-refractivity contribution in [3.8, 4) is 5.75 Å². The van der Waals surface area contributed by atoms with Crippen LogP contribution in [0, 0.1) is 6.92 Å². The van der Waals surface area contributed by atoms with E-state index >= 15 is 0 Å². The van der Waals surface area contributed by atoms with Crippen LogP contribution in [0.5, 0.6) is 5.75 Å². The van der Waals surface area contributed by atoms with Gasteiger partial charge in [-0.3, -0.25) is 9.52 Å². The molecule has 0 saturated carbocycles. The van der Waals surface area contributed by atoms with Gasteiger partial charge < -0.3 is 9.15 Å². The van der Waals surface area contributed by atoms with E-state index in [4.69, 9.17) is 9.15 Å². The van der Waals surface area contributed by atoms with Crippen LogP contribution >= 0.6 is 0 Å². The van der Waals surface area contributed by atoms with Crippen LogP contribution in [0.2, 0.25) is 0 Å². The third-order valence-corrected chi connectivity index (χ3v) is 5.25. The first-order valence-corrected chi connectivity index (χ1v) is 10.0. The smallest absolute Gasteiger partial charge is 0.271 e. The lowest BCUT2D eigenvalue weighted by Gasteiger charge is -2.09. The van der Waals surface area contributed by atoms with Gasteiger partial charge in [-0.15, -0.1) is 0 Å². The van der Waals surface area contributed by atoms with Crippen molar-refractivity contribution in [3.05, 3.63) is 77.7 Å². The molecule has 3 rings (SSSR count). The van der Waals surface area contributed by atoms with E-state index in [0.29, 0.717) is 17.2 Å². The van der Waals surface area contributed by atoms with Crippen LogP contribution in [-0.2, 0) is 10.0 Å². The van der Waals surface area contributed by atoms with Crippen molar-refractivity contribution in [1.29, 1.82) is 0 Å². The number of aryl methyl sites for hydroxylation is 1. The molecule has 0 unspecified atom stereocenters. The Balaban J connectivity index is 1.71. The first-order valence-electron chi connectivity index (χ1n) is 8.54. The number of sulfonamides is 1. The molecule has 0 bridgehead atoms. The molecule has 9 heteroatoms. The Bertz CT molecular complexity index is 1130. The molecule has 0 saturated heterocycles. The molecule has 0 radical (unpaired) electrons. The lowest BCUT2D eigenvalue weighted by Crippen LogP contribution is -2.19. The van der Waals surface area contributed by atoms with Crippen LogP contribution in [0.1, 0.15) is 21.9 Å². The number of benzene rings is 2. The van der Waals surface area contributed by atoms with E-state index in [2.05, 4.69) is 15.2 Å². The van der Waals surface area contributed by atoms with Crippen molar-refractivity contribution in [3.63, 3.8) is 0 Å². The fourth-order valence-corrected chi connectivity index (χ4v) is 3.52. The molecule has 3 aromatic rings. The number of carbonyl (C=O) groups is 1. The highest BCUT2D eigenvalue weighted by Crippen LogP contribution is 2.20. The van der Waals surface area contributed by atoms with E-state index < -0.39 is 15.9 Å². The van der Waals surface area contributed by atoms with E-state index in [-0.39, 0.29) is 10.5 Å². The fraction of sp³-hybridized carbons (Fsp3) is 0.100. The van der Waals surface area contributed by atoms with Crippen LogP contribution in [0.3, 0.4) is 0 Å². The summed E-state index contributed by atoms with van der Waals surface area (Å²) in [4.78, 5) is 12.2. The molecular weight excluding hydrogens is 394 g/mol. The van der Waals surface area contributed by atoms with Gasteiger partial charge in [0.1, 0.15) is 17.3 Å². The van der Waals surface area contributed by atoms with Crippen molar-refractivity contribution in [2.45, 2.75) is 11.8 Å². The maximum absolute atomic E-state index is 12.6. The number of anilines is 1. The molecule has 150 valence electrons. The predicted octanol–water partition coefficient (Wildman–Crippen LogP) is 3.16. The first kappa shape index (κ1) is 20.2. The molecule has 2 aromatic carbocycles. The Morgan fingerprint density at radius 2 is 1.86 bits per heavy atom. The molecule has 1 aromatic heterocycles. The molecule has 0 aliphatic heterocycles. The van der Waals surface area contributed by atoms with E-state index in [1.165, 1.54) is 37.6 Å². The average molecular weight is 413 g/mol. The molecule has 0 fully saturated rings. The number of nitrogens with zero attached hydrogens (tertiary/aromatic N) is 1. The zero-order chi connectivity index (χ0) is 20.9. The van der Waals surface area contributed by atoms with Gasteiger partial charge in [0.05, 0.1) is 18.2 Å². The quantitative estimate of drug-likeness (QED) is 0.457. The van der Waals surface area contributed by atoms with E-state index in [1.54, 1.807) is 43.3 Å². The maximum Gasteiger partial charge on any atom is 0.271 e. The van der Waals surface area contributed by atoms with Crippen LogP contribution in [0.15, 0.2) is 75.1 Å². The van der Waals surface area contributed by atoms with Crippen molar-refractivity contribution >= 4 is 27.8 Å². The van der Waals surface area contributed by atoms with Gasteiger partial charge in [0.25, 0.3) is 15.9 Å². The van der Waals surface area contributed by atoms with E-state index in [9.17, 15) is 13.2 Å². The molecular formula is C20H19N3O5S. The van der Waals surface area contributed by atoms with Crippen molar-refractivity contribution in [1.82, 2.24) is 5.43 Å². The predicted molar refractivity (Wildman–Crippen MR) is 109 cm³/mol. The molecule has 0 spiro atoms. The summed E-state index contributed by atoms with van der Waals surface area (Å²) >= 11 is 0. The number of hydrazone groups is 1. The van der Waals surface area contributed by atoms with E-state index in [1.807, 2.05) is 0 Å². The van der Waals surface area contributed by atoms with E-state index in [0.717, 1.165) is 5.76 Å². The normalized spacial score (nSPS) is 11.4. The summed E-state index contributed by atoms with van der Waals surface area (Å²) < 4.78 is 38.1. The van der Waals surface area contributed by atoms with Gasteiger partial charge in [-0.05, 0) is 61.5 Å². The molecule has 2 N–H and O–H groups in total. The Morgan fingerprint density at radius 3 is 2.52 bits per heavy atom. The van der Waals surface area contributed by atoms with Gasteiger partial charge in [-0.2, -0.15) is 5.10 Å². The second-order valence-electron chi connectivity index (χ2n) is 6.01. The summed E-state index contributed by atoms with van der Waals surface area (Å²) in [5.41, 5.74) is 2.86. The minimum absolute atomic E-state index is 0.0494. The number of rotatable bonds is 7. The third kappa shape index (κ3) is 5.23. The first-order chi connectivity index (χ1) is 13.9. The molecule has 0 aliphatic carbocycles. The highest BCUT2D eigenvalue weighted by molar-refractivity contribution is 7.92. The van der Waals surface area contributed by atoms with Gasteiger partial charge in [0.15, 0.2) is 0 Å². The van der Waals surface area contributed by atoms with Gasteiger partial charge >= 0.3 is 0 Å². The largest absolute Gasteiger partial charge is 0.497 e. The third-order valence-electron chi connectivity index (χ3n) is 3.87. The highest BCUT2D eigenvalue weighted by atomic mass is 32.2. The molecule has 1 heterocycles. The monoisotopic (exact) mass is 413 g/mol. The average Bonchev–Trinajstić information content (AvgIpc) is 3.13. The summed E-state index contributed by atoms with van der Waals surface area (Å²) in [5.74, 6) is 1.27. The maximum atomic E-state index is 12.6. The number of furan rings is 1. The molecule has 8 nitrogen and oxygen atoms in total. The number of hydrogen-bond donors (Lipinski definition) is 2. The molecule has 0 atom stereocenters. The van der Waals surface area contributed by atoms with Crippen molar-refractivity contribution in [2.75, 3.05) is 11.8 Å². The number of hydrogen-bond acceptors (Lipinski definition) is 6. The SMILES string of the molecule is COc1ccc(NS(=O)(=O)c2cccc(C(=O)N/N=C\c3ccc(C)o3)c2)cc1. The zero-order valence-electron chi connectivity index (χ0n) is 15.7. The number of amides is 1. The summed E-state index contributed by atoms with van der Waals surface area (Å²) in [6.45, 7) is 1.79. The number of nitrogens with one attached hydrogen (secondary N) is 2. The number of methoxy groups -OCH3 is 1. The summed E-state index contributed by atoms with van der Waals surface area (Å²) in [6, 6.07) is 15.6. The summed E-state index contributed by atoms with van der Waals surface area (Å²) in [5, 5.41) is 3.81. The van der Waals surface area contributed by atoms with Gasteiger partial charge in [0, 0.05) is 11.3 Å². The van der Waals surface area contributed by atoms with Gasteiger partial charge in [0.2, 0.25) is 0 Å². The van der Waals surface area contributed by atoms with Crippen molar-refractivity contribution in [2.24, 2.45) is 5.10 Å². The minimum atomic E-state index is -3.87. The summed E-state index contributed by atoms with van der Waals surface area (Å²) in [7, 11) is -2.35. The second-order valence-corrected chi connectivity index (χ2v) is 7.69. The zero-order valence-corrected chi connectivity index (χ0v) is 16.6. The van der Waals surface area contributed by atoms with Crippen LogP contribution in [0.25, 0.3) is 0 Å². The summed E-state index contributed by atoms with van der Waals surface area (Å²) in [6.07, 6.45) is 1.36. The molecule has 0 aliphatic rings. The van der Waals surface area contributed by atoms with Crippen LogP contribution in [-0.4, -0.2) is 27.6 Å². The topological polar surface area (TPSA) is 110 Å². The lowest BCUT2D eigenvalue weighted by atomic mass is 10.2. The minimum Gasteiger partial charge on any atom is -0.497 e. The fourth-order valence-electron chi connectivity index (χ4n) is 2.42. The number of carbonyl (C=O) groups excluding carboxylic acids is 1. The van der Waals surface area contributed by atoms with Crippen molar-refractivity contribution < 1.29 is 22.4 Å². The van der Waals surface area contributed by atoms with Crippen LogP contribution in [0.4, 0.5) is 5.69 Å².